The zero-order valence-corrected chi connectivity index (χ0v) is 27.2. The van der Waals surface area contributed by atoms with E-state index in [1.807, 2.05) is 18.2 Å². The Labute approximate surface area is 273 Å². The molecule has 2 heteroatoms. The lowest BCUT2D eigenvalue weighted by Crippen LogP contribution is -2.23. The number of ketones is 2. The van der Waals surface area contributed by atoms with Gasteiger partial charge in [-0.2, -0.15) is 0 Å². The molecule has 0 amide bonds. The first kappa shape index (κ1) is 30.4. The monoisotopic (exact) mass is 604 g/mol. The molecule has 0 heterocycles. The molecule has 0 radical (unpaired) electrons. The van der Waals surface area contributed by atoms with E-state index in [-0.39, 0.29) is 11.8 Å². The van der Waals surface area contributed by atoms with Crippen molar-refractivity contribution in [3.05, 3.63) is 131 Å². The lowest BCUT2D eigenvalue weighted by Gasteiger charge is -2.26. The molecule has 8 rings (SSSR count). The number of rotatable bonds is 5. The zero-order chi connectivity index (χ0) is 31.6. The average Bonchev–Trinajstić information content (AvgIpc) is 3.61. The van der Waals surface area contributed by atoms with E-state index in [1.54, 1.807) is 0 Å². The minimum atomic E-state index is 0.149. The maximum absolute atomic E-state index is 13.1. The van der Waals surface area contributed by atoms with Crippen LogP contribution in [0.3, 0.4) is 0 Å². The van der Waals surface area contributed by atoms with Gasteiger partial charge in [-0.1, -0.05) is 142 Å². The Morgan fingerprint density at radius 3 is 1.96 bits per heavy atom. The molecule has 0 bridgehead atoms. The van der Waals surface area contributed by atoms with E-state index in [9.17, 15) is 9.59 Å². The van der Waals surface area contributed by atoms with E-state index < -0.39 is 0 Å². The Hall–Kier alpha value is -4.30. The van der Waals surface area contributed by atoms with Gasteiger partial charge in [0.05, 0.1) is 0 Å². The van der Waals surface area contributed by atoms with Crippen LogP contribution in [0.1, 0.15) is 84.2 Å². The van der Waals surface area contributed by atoms with Crippen LogP contribution in [0, 0.1) is 23.7 Å². The smallest absolute Gasteiger partial charge is 0.167 e. The molecule has 46 heavy (non-hydrogen) atoms. The van der Waals surface area contributed by atoms with Crippen LogP contribution in [-0.2, 0) is 12.8 Å². The van der Waals surface area contributed by atoms with Gasteiger partial charge in [-0.3, -0.25) is 9.59 Å². The summed E-state index contributed by atoms with van der Waals surface area (Å²) in [6, 6.07) is 37.8. The van der Waals surface area contributed by atoms with Gasteiger partial charge in [-0.25, -0.2) is 0 Å². The van der Waals surface area contributed by atoms with Crippen LogP contribution in [-0.4, -0.2) is 11.6 Å². The molecule has 5 aromatic rings. The van der Waals surface area contributed by atoms with Crippen molar-refractivity contribution in [1.29, 1.82) is 0 Å². The summed E-state index contributed by atoms with van der Waals surface area (Å²) in [5, 5.41) is 2.44. The van der Waals surface area contributed by atoms with Crippen molar-refractivity contribution in [2.24, 2.45) is 23.7 Å². The van der Waals surface area contributed by atoms with Crippen molar-refractivity contribution in [1.82, 2.24) is 0 Å². The van der Waals surface area contributed by atoms with E-state index in [0.717, 1.165) is 47.1 Å². The summed E-state index contributed by atoms with van der Waals surface area (Å²) in [4.78, 5) is 26.2. The van der Waals surface area contributed by atoms with Gasteiger partial charge in [0.25, 0.3) is 0 Å². The Morgan fingerprint density at radius 2 is 1.20 bits per heavy atom. The summed E-state index contributed by atoms with van der Waals surface area (Å²) in [5.74, 6) is 2.28. The van der Waals surface area contributed by atoms with Crippen molar-refractivity contribution in [2.45, 2.75) is 65.2 Å². The van der Waals surface area contributed by atoms with Crippen LogP contribution in [0.15, 0.2) is 109 Å². The molecule has 0 aliphatic heterocycles. The first-order valence-electron chi connectivity index (χ1n) is 17.4. The van der Waals surface area contributed by atoms with Gasteiger partial charge in [-0.15, -0.1) is 0 Å². The Morgan fingerprint density at radius 1 is 0.587 bits per heavy atom. The second kappa shape index (κ2) is 13.2. The summed E-state index contributed by atoms with van der Waals surface area (Å²) in [6.07, 6.45) is 9.26. The number of hydrogen-bond donors (Lipinski definition) is 0. The summed E-state index contributed by atoms with van der Waals surface area (Å²) >= 11 is 0. The van der Waals surface area contributed by atoms with Crippen LogP contribution >= 0.6 is 0 Å². The highest BCUT2D eigenvalue weighted by Gasteiger charge is 2.38. The van der Waals surface area contributed by atoms with Crippen LogP contribution in [0.4, 0.5) is 0 Å². The Kier molecular flexibility index (Phi) is 8.71. The minimum absolute atomic E-state index is 0.149. The fourth-order valence-electron chi connectivity index (χ4n) is 8.42. The molecule has 1 saturated carbocycles. The molecular formula is C44H44O2. The largest absolute Gasteiger partial charge is 0.294 e. The van der Waals surface area contributed by atoms with Gasteiger partial charge >= 0.3 is 0 Å². The summed E-state index contributed by atoms with van der Waals surface area (Å²) < 4.78 is 0. The van der Waals surface area contributed by atoms with Crippen LogP contribution in [0.2, 0.25) is 0 Å². The fraction of sp³-hybridized carbons (Fsp3) is 0.318. The maximum atomic E-state index is 13.1. The zero-order valence-electron chi connectivity index (χ0n) is 27.2. The molecular weight excluding hydrogens is 560 g/mol. The van der Waals surface area contributed by atoms with Crippen LogP contribution in [0.5, 0.6) is 0 Å². The number of carbonyl (C=O) groups excluding carboxylic acids is 2. The molecule has 5 aromatic carbocycles. The quantitative estimate of drug-likeness (QED) is 0.200. The first-order chi connectivity index (χ1) is 22.5. The highest BCUT2D eigenvalue weighted by atomic mass is 16.1. The van der Waals surface area contributed by atoms with E-state index in [1.165, 1.54) is 59.6 Å². The molecule has 3 aliphatic carbocycles. The molecule has 0 N–H and O–H groups in total. The van der Waals surface area contributed by atoms with Crippen molar-refractivity contribution in [3.8, 4) is 22.3 Å². The molecule has 2 atom stereocenters. The standard InChI is InChI=1S/C23H22O.C21H22O/c1-15(2)13-18-14-17-9-6-12-21(22(17)23(18)24)20-11-5-8-16-7-3-4-10-19(16)20;22-21-19(16-10-5-2-6-11-16)14-17-12-7-13-18(20(17)21)15-8-3-1-4-9-15/h3-12,15,18H,13-14H2,1-2H3;1,3-4,7-9,12-13,16,19H,2,5-6,10-11,14H2. The second-order valence-corrected chi connectivity index (χ2v) is 14.0. The van der Waals surface area contributed by atoms with Crippen molar-refractivity contribution in [3.63, 3.8) is 0 Å². The molecule has 2 nitrogen and oxygen atoms in total. The maximum Gasteiger partial charge on any atom is 0.167 e. The minimum Gasteiger partial charge on any atom is -0.294 e. The lowest BCUT2D eigenvalue weighted by molar-refractivity contribution is 0.0868. The van der Waals surface area contributed by atoms with Gasteiger partial charge in [0, 0.05) is 23.0 Å². The molecule has 2 unspecified atom stereocenters. The highest BCUT2D eigenvalue weighted by Crippen LogP contribution is 2.42. The predicted molar refractivity (Wildman–Crippen MR) is 190 cm³/mol. The van der Waals surface area contributed by atoms with Crippen molar-refractivity contribution >= 4 is 22.3 Å². The van der Waals surface area contributed by atoms with Crippen molar-refractivity contribution < 1.29 is 9.59 Å². The van der Waals surface area contributed by atoms with E-state index in [2.05, 4.69) is 105 Å². The van der Waals surface area contributed by atoms with E-state index >= 15 is 0 Å². The third-order valence-corrected chi connectivity index (χ3v) is 10.5. The third kappa shape index (κ3) is 5.86. The number of benzene rings is 5. The molecule has 0 spiro atoms. The van der Waals surface area contributed by atoms with Gasteiger partial charge < -0.3 is 0 Å². The summed E-state index contributed by atoms with van der Waals surface area (Å²) in [6.45, 7) is 4.39. The Balaban J connectivity index is 0.000000147. The molecule has 1 fully saturated rings. The molecule has 0 saturated heterocycles. The summed E-state index contributed by atoms with van der Waals surface area (Å²) in [7, 11) is 0. The first-order valence-corrected chi connectivity index (χ1v) is 17.4. The normalized spacial score (nSPS) is 19.2. The van der Waals surface area contributed by atoms with Gasteiger partial charge in [0.15, 0.2) is 11.6 Å². The van der Waals surface area contributed by atoms with Gasteiger partial charge in [-0.05, 0) is 88.1 Å². The molecule has 0 aromatic heterocycles. The third-order valence-electron chi connectivity index (χ3n) is 10.5. The summed E-state index contributed by atoms with van der Waals surface area (Å²) in [5.41, 5.74) is 9.00. The van der Waals surface area contributed by atoms with Gasteiger partial charge in [0.2, 0.25) is 0 Å². The lowest BCUT2D eigenvalue weighted by atomic mass is 9.78. The predicted octanol–water partition coefficient (Wildman–Crippen LogP) is 11.2. The van der Waals surface area contributed by atoms with Crippen molar-refractivity contribution in [2.75, 3.05) is 0 Å². The van der Waals surface area contributed by atoms with Gasteiger partial charge in [0.1, 0.15) is 0 Å². The molecule has 3 aliphatic rings. The Bertz CT molecular complexity index is 1870. The van der Waals surface area contributed by atoms with E-state index in [0.29, 0.717) is 23.4 Å². The fourth-order valence-corrected chi connectivity index (χ4v) is 8.42. The van der Waals surface area contributed by atoms with Crippen LogP contribution < -0.4 is 0 Å². The topological polar surface area (TPSA) is 34.1 Å². The highest BCUT2D eigenvalue weighted by molar-refractivity contribution is 6.11. The number of Topliss-reactive ketones (excluding diaryl/α,β-unsaturated/α-hetero) is 2. The van der Waals surface area contributed by atoms with E-state index in [4.69, 9.17) is 0 Å². The van der Waals surface area contributed by atoms with Crippen LogP contribution in [0.25, 0.3) is 33.0 Å². The average molecular weight is 605 g/mol. The second-order valence-electron chi connectivity index (χ2n) is 14.0. The number of carbonyl (C=O) groups is 2. The SMILES string of the molecule is CC(C)CC1Cc2cccc(-c3cccc4ccccc34)c2C1=O.O=C1c2c(cccc2-c2ccccc2)CC1C1CCCCC1. The number of fused-ring (bicyclic) bond motifs is 3. The molecule has 232 valence electrons. The number of hydrogen-bond acceptors (Lipinski definition) is 2.